The molecule has 0 unspecified atom stereocenters. The van der Waals surface area contributed by atoms with Crippen LogP contribution in [-0.4, -0.2) is 31.6 Å². The fraction of sp³-hybridized carbons (Fsp3) is 0.316. The molecule has 0 atom stereocenters. The van der Waals surface area contributed by atoms with Gasteiger partial charge in [-0.3, -0.25) is 4.79 Å². The van der Waals surface area contributed by atoms with Crippen LogP contribution in [0.4, 0.5) is 5.69 Å². The quantitative estimate of drug-likeness (QED) is 0.881. The molecule has 2 aromatic rings. The first kappa shape index (κ1) is 16.2. The van der Waals surface area contributed by atoms with Crippen LogP contribution < -0.4 is 15.2 Å². The Morgan fingerprint density at radius 1 is 1.12 bits per heavy atom. The third-order valence-electron chi connectivity index (χ3n) is 4.61. The summed E-state index contributed by atoms with van der Waals surface area (Å²) in [5.74, 6) is 1.42. The number of amides is 1. The lowest BCUT2D eigenvalue weighted by Crippen LogP contribution is -2.36. The van der Waals surface area contributed by atoms with E-state index in [0.29, 0.717) is 30.1 Å². The van der Waals surface area contributed by atoms with E-state index in [-0.39, 0.29) is 5.91 Å². The van der Waals surface area contributed by atoms with E-state index in [4.69, 9.17) is 15.2 Å². The van der Waals surface area contributed by atoms with Crippen LogP contribution >= 0.6 is 0 Å². The number of carbonyl (C=O) groups excluding carboxylic acids is 1. The molecular weight excluding hydrogens is 304 g/mol. The van der Waals surface area contributed by atoms with Gasteiger partial charge in [-0.25, -0.2) is 0 Å². The molecule has 1 aliphatic rings. The number of benzene rings is 2. The second-order valence-electron chi connectivity index (χ2n) is 5.97. The number of anilines is 1. The predicted octanol–water partition coefficient (Wildman–Crippen LogP) is 2.79. The molecule has 0 bridgehead atoms. The van der Waals surface area contributed by atoms with Crippen LogP contribution in [0.2, 0.25) is 0 Å². The summed E-state index contributed by atoms with van der Waals surface area (Å²) < 4.78 is 10.7. The van der Waals surface area contributed by atoms with E-state index in [9.17, 15) is 4.79 Å². The number of fused-ring (bicyclic) bond motifs is 1. The van der Waals surface area contributed by atoms with Crippen molar-refractivity contribution < 1.29 is 14.3 Å². The van der Waals surface area contributed by atoms with Crippen LogP contribution in [0.1, 0.15) is 27.0 Å². The van der Waals surface area contributed by atoms with Gasteiger partial charge < -0.3 is 20.1 Å². The van der Waals surface area contributed by atoms with Gasteiger partial charge >= 0.3 is 0 Å². The lowest BCUT2D eigenvalue weighted by molar-refractivity contribution is 0.0733. The van der Waals surface area contributed by atoms with Gasteiger partial charge in [-0.2, -0.15) is 0 Å². The van der Waals surface area contributed by atoms with Crippen molar-refractivity contribution in [1.29, 1.82) is 0 Å². The highest BCUT2D eigenvalue weighted by molar-refractivity contribution is 5.97. The number of nitrogens with two attached hydrogens (primary N) is 1. The normalized spacial score (nSPS) is 13.4. The molecule has 24 heavy (non-hydrogen) atoms. The number of methoxy groups -OCH3 is 2. The van der Waals surface area contributed by atoms with Crippen molar-refractivity contribution in [3.05, 3.63) is 52.6 Å². The van der Waals surface area contributed by atoms with Crippen LogP contribution in [0.15, 0.2) is 30.3 Å². The van der Waals surface area contributed by atoms with Crippen molar-refractivity contribution in [2.45, 2.75) is 19.9 Å². The van der Waals surface area contributed by atoms with E-state index in [1.54, 1.807) is 14.2 Å². The first-order chi connectivity index (χ1) is 11.5. The molecule has 0 fully saturated rings. The lowest BCUT2D eigenvalue weighted by Gasteiger charge is -2.30. The predicted molar refractivity (Wildman–Crippen MR) is 93.6 cm³/mol. The summed E-state index contributed by atoms with van der Waals surface area (Å²) >= 11 is 0. The third-order valence-corrected chi connectivity index (χ3v) is 4.61. The third kappa shape index (κ3) is 2.77. The molecule has 0 spiro atoms. The Bertz CT molecular complexity index is 786. The van der Waals surface area contributed by atoms with E-state index in [2.05, 4.69) is 0 Å². The number of carbonyl (C=O) groups is 1. The molecule has 1 amide bonds. The van der Waals surface area contributed by atoms with E-state index in [1.165, 1.54) is 5.56 Å². The van der Waals surface area contributed by atoms with Crippen molar-refractivity contribution in [3.8, 4) is 11.5 Å². The molecule has 5 nitrogen and oxygen atoms in total. The monoisotopic (exact) mass is 326 g/mol. The fourth-order valence-electron chi connectivity index (χ4n) is 3.11. The summed E-state index contributed by atoms with van der Waals surface area (Å²) in [6.45, 7) is 3.12. The Hall–Kier alpha value is -2.69. The van der Waals surface area contributed by atoms with E-state index in [0.717, 1.165) is 23.3 Å². The van der Waals surface area contributed by atoms with Gasteiger partial charge in [0.25, 0.3) is 5.91 Å². The van der Waals surface area contributed by atoms with Crippen LogP contribution in [0, 0.1) is 6.92 Å². The van der Waals surface area contributed by atoms with Gasteiger partial charge in [-0.1, -0.05) is 6.07 Å². The summed E-state index contributed by atoms with van der Waals surface area (Å²) in [7, 11) is 3.25. The molecule has 0 aromatic heterocycles. The molecule has 3 rings (SSSR count). The Morgan fingerprint density at radius 2 is 1.79 bits per heavy atom. The summed E-state index contributed by atoms with van der Waals surface area (Å²) in [6, 6.07) is 9.43. The van der Waals surface area contributed by atoms with Crippen molar-refractivity contribution in [2.75, 3.05) is 26.5 Å². The maximum atomic E-state index is 12.9. The maximum absolute atomic E-state index is 12.9. The summed E-state index contributed by atoms with van der Waals surface area (Å²) in [6.07, 6.45) is 0.794. The number of ether oxygens (including phenoxy) is 2. The Kier molecular flexibility index (Phi) is 4.34. The molecular formula is C19H22N2O3. The van der Waals surface area contributed by atoms with Gasteiger partial charge in [0.05, 0.1) is 14.2 Å². The number of rotatable bonds is 3. The zero-order chi connectivity index (χ0) is 17.3. The number of nitrogen functional groups attached to an aromatic ring is 1. The Labute approximate surface area is 142 Å². The SMILES string of the molecule is COc1cc2c(cc1OC)CN(C(=O)c1cccc(N)c1C)CC2. The van der Waals surface area contributed by atoms with Gasteiger partial charge in [0.15, 0.2) is 11.5 Å². The average molecular weight is 326 g/mol. The van der Waals surface area contributed by atoms with Crippen LogP contribution in [0.3, 0.4) is 0 Å². The lowest BCUT2D eigenvalue weighted by atomic mass is 9.97. The topological polar surface area (TPSA) is 64.8 Å². The molecule has 5 heteroatoms. The zero-order valence-corrected chi connectivity index (χ0v) is 14.3. The maximum Gasteiger partial charge on any atom is 0.254 e. The Morgan fingerprint density at radius 3 is 2.46 bits per heavy atom. The molecule has 0 saturated heterocycles. The Balaban J connectivity index is 1.89. The second kappa shape index (κ2) is 6.43. The molecule has 0 saturated carbocycles. The first-order valence-electron chi connectivity index (χ1n) is 7.93. The van der Waals surface area contributed by atoms with Gasteiger partial charge in [0, 0.05) is 24.3 Å². The van der Waals surface area contributed by atoms with E-state index < -0.39 is 0 Å². The fourth-order valence-corrected chi connectivity index (χ4v) is 3.11. The standard InChI is InChI=1S/C19H22N2O3/c1-12-15(5-4-6-16(12)20)19(22)21-8-7-13-9-17(23-2)18(24-3)10-14(13)11-21/h4-6,9-10H,7-8,11,20H2,1-3H3. The van der Waals surface area contributed by atoms with Gasteiger partial charge in [-0.15, -0.1) is 0 Å². The van der Waals surface area contributed by atoms with Gasteiger partial charge in [0.2, 0.25) is 0 Å². The van der Waals surface area contributed by atoms with E-state index in [1.807, 2.05) is 42.2 Å². The van der Waals surface area contributed by atoms with Crippen LogP contribution in [0.5, 0.6) is 11.5 Å². The minimum absolute atomic E-state index is 0.0141. The van der Waals surface area contributed by atoms with Crippen molar-refractivity contribution >= 4 is 11.6 Å². The largest absolute Gasteiger partial charge is 0.493 e. The highest BCUT2D eigenvalue weighted by Gasteiger charge is 2.24. The van der Waals surface area contributed by atoms with Crippen molar-refractivity contribution in [1.82, 2.24) is 4.90 Å². The zero-order valence-electron chi connectivity index (χ0n) is 14.3. The first-order valence-corrected chi connectivity index (χ1v) is 7.93. The van der Waals surface area contributed by atoms with Crippen LogP contribution in [-0.2, 0) is 13.0 Å². The highest BCUT2D eigenvalue weighted by atomic mass is 16.5. The summed E-state index contributed by atoms with van der Waals surface area (Å²) in [5.41, 5.74) is 10.4. The average Bonchev–Trinajstić information content (AvgIpc) is 2.61. The number of nitrogens with zero attached hydrogens (tertiary/aromatic N) is 1. The minimum atomic E-state index is 0.0141. The number of hydrogen-bond acceptors (Lipinski definition) is 4. The molecule has 0 radical (unpaired) electrons. The minimum Gasteiger partial charge on any atom is -0.493 e. The van der Waals surface area contributed by atoms with Gasteiger partial charge in [0.1, 0.15) is 0 Å². The highest BCUT2D eigenvalue weighted by Crippen LogP contribution is 2.33. The smallest absolute Gasteiger partial charge is 0.254 e. The molecule has 0 aliphatic carbocycles. The van der Waals surface area contributed by atoms with Gasteiger partial charge in [-0.05, 0) is 54.3 Å². The van der Waals surface area contributed by atoms with Crippen LogP contribution in [0.25, 0.3) is 0 Å². The number of hydrogen-bond donors (Lipinski definition) is 1. The van der Waals surface area contributed by atoms with Crippen molar-refractivity contribution in [3.63, 3.8) is 0 Å². The molecule has 1 heterocycles. The van der Waals surface area contributed by atoms with Crippen molar-refractivity contribution in [2.24, 2.45) is 0 Å². The molecule has 2 N–H and O–H groups in total. The molecule has 126 valence electrons. The summed E-state index contributed by atoms with van der Waals surface area (Å²) in [5, 5.41) is 0. The van der Waals surface area contributed by atoms with E-state index >= 15 is 0 Å². The molecule has 1 aliphatic heterocycles. The summed E-state index contributed by atoms with van der Waals surface area (Å²) in [4.78, 5) is 14.7. The second-order valence-corrected chi connectivity index (χ2v) is 5.97. The molecule has 2 aromatic carbocycles.